The number of aromatic nitrogens is 2. The lowest BCUT2D eigenvalue weighted by Gasteiger charge is -2.14. The van der Waals surface area contributed by atoms with Crippen molar-refractivity contribution in [1.29, 1.82) is 0 Å². The van der Waals surface area contributed by atoms with Crippen LogP contribution in [0.2, 0.25) is 15.1 Å². The molecule has 1 heterocycles. The van der Waals surface area contributed by atoms with Crippen LogP contribution in [0.3, 0.4) is 0 Å². The van der Waals surface area contributed by atoms with Crippen molar-refractivity contribution in [1.82, 2.24) is 9.55 Å². The number of hydrogen-bond donors (Lipinski definition) is 1. The predicted molar refractivity (Wildman–Crippen MR) is 142 cm³/mol. The van der Waals surface area contributed by atoms with Crippen molar-refractivity contribution in [3.8, 4) is 0 Å². The number of anilines is 1. The van der Waals surface area contributed by atoms with Gasteiger partial charge in [0.2, 0.25) is 0 Å². The van der Waals surface area contributed by atoms with Gasteiger partial charge < -0.3 is 14.6 Å². The maximum atomic E-state index is 12.5. The minimum absolute atomic E-state index is 0.0264. The first-order chi connectivity index (χ1) is 16.8. The number of benzene rings is 3. The van der Waals surface area contributed by atoms with E-state index in [9.17, 15) is 9.59 Å². The summed E-state index contributed by atoms with van der Waals surface area (Å²) in [4.78, 5) is 29.6. The number of carbonyl (C=O) groups excluding carboxylic acids is 2. The van der Waals surface area contributed by atoms with Gasteiger partial charge in [0, 0.05) is 5.02 Å². The zero-order valence-electron chi connectivity index (χ0n) is 18.5. The normalized spacial score (nSPS) is 11.9. The standard InChI is InChI=1S/C25H20Cl3N3O3S/c1-15(24(33)29-19-9-5-8-18(27)23(19)28)34-22(32)14-35-25-30-20-12-17(26)10-11-21(20)31(25)13-16-6-3-2-4-7-16/h2-12,15H,13-14H2,1H3,(H,29,33). The second-order valence-electron chi connectivity index (χ2n) is 7.61. The number of nitrogens with one attached hydrogen (secondary N) is 1. The molecular formula is C25H20Cl3N3O3S. The summed E-state index contributed by atoms with van der Waals surface area (Å²) in [5.41, 5.74) is 3.07. The van der Waals surface area contributed by atoms with Crippen molar-refractivity contribution in [2.24, 2.45) is 0 Å². The lowest BCUT2D eigenvalue weighted by atomic mass is 10.2. The van der Waals surface area contributed by atoms with Gasteiger partial charge in [-0.05, 0) is 42.8 Å². The molecule has 0 radical (unpaired) electrons. The molecule has 10 heteroatoms. The lowest BCUT2D eigenvalue weighted by Crippen LogP contribution is -2.30. The molecule has 0 aliphatic heterocycles. The van der Waals surface area contributed by atoms with Crippen molar-refractivity contribution < 1.29 is 14.3 Å². The van der Waals surface area contributed by atoms with Crippen molar-refractivity contribution in [2.45, 2.75) is 24.7 Å². The number of fused-ring (bicyclic) bond motifs is 1. The number of rotatable bonds is 8. The molecule has 1 atom stereocenters. The number of carbonyl (C=O) groups is 2. The molecule has 0 bridgehead atoms. The molecule has 0 aliphatic carbocycles. The van der Waals surface area contributed by atoms with E-state index in [1.165, 1.54) is 18.7 Å². The fourth-order valence-corrected chi connectivity index (χ4v) is 4.66. The number of hydrogen-bond acceptors (Lipinski definition) is 5. The van der Waals surface area contributed by atoms with Gasteiger partial charge in [-0.25, -0.2) is 4.98 Å². The first-order valence-corrected chi connectivity index (χ1v) is 12.7. The van der Waals surface area contributed by atoms with Crippen LogP contribution in [-0.4, -0.2) is 33.3 Å². The molecule has 0 fully saturated rings. The van der Waals surface area contributed by atoms with E-state index in [0.29, 0.717) is 27.4 Å². The zero-order valence-corrected chi connectivity index (χ0v) is 21.6. The molecule has 1 amide bonds. The van der Waals surface area contributed by atoms with Crippen LogP contribution in [0, 0.1) is 0 Å². The van der Waals surface area contributed by atoms with Gasteiger partial charge in [0.25, 0.3) is 5.91 Å². The van der Waals surface area contributed by atoms with Gasteiger partial charge >= 0.3 is 5.97 Å². The van der Waals surface area contributed by atoms with E-state index in [-0.39, 0.29) is 10.8 Å². The van der Waals surface area contributed by atoms with Crippen LogP contribution >= 0.6 is 46.6 Å². The molecule has 1 aromatic heterocycles. The molecule has 3 aromatic carbocycles. The average molecular weight is 549 g/mol. The second kappa shape index (κ2) is 11.4. The summed E-state index contributed by atoms with van der Waals surface area (Å²) in [5.74, 6) is -1.09. The van der Waals surface area contributed by atoms with Gasteiger partial charge in [0.15, 0.2) is 11.3 Å². The Hall–Kier alpha value is -2.71. The Bertz CT molecular complexity index is 1380. The Morgan fingerprint density at radius 3 is 2.60 bits per heavy atom. The molecule has 1 unspecified atom stereocenters. The molecule has 4 rings (SSSR count). The molecule has 180 valence electrons. The molecule has 35 heavy (non-hydrogen) atoms. The summed E-state index contributed by atoms with van der Waals surface area (Å²) < 4.78 is 7.35. The van der Waals surface area contributed by atoms with E-state index in [4.69, 9.17) is 39.5 Å². The minimum Gasteiger partial charge on any atom is -0.452 e. The highest BCUT2D eigenvalue weighted by Crippen LogP contribution is 2.30. The Kier molecular flexibility index (Phi) is 8.23. The molecular weight excluding hydrogens is 529 g/mol. The zero-order chi connectivity index (χ0) is 24.9. The quantitative estimate of drug-likeness (QED) is 0.196. The largest absolute Gasteiger partial charge is 0.452 e. The highest BCUT2D eigenvalue weighted by molar-refractivity contribution is 7.99. The topological polar surface area (TPSA) is 73.2 Å². The lowest BCUT2D eigenvalue weighted by molar-refractivity contribution is -0.150. The molecule has 0 saturated carbocycles. The number of thioether (sulfide) groups is 1. The van der Waals surface area contributed by atoms with Gasteiger partial charge in [0.1, 0.15) is 0 Å². The molecule has 0 saturated heterocycles. The molecule has 1 N–H and O–H groups in total. The van der Waals surface area contributed by atoms with Crippen LogP contribution in [0.15, 0.2) is 71.9 Å². The van der Waals surface area contributed by atoms with E-state index < -0.39 is 18.0 Å². The Morgan fingerprint density at radius 1 is 1.06 bits per heavy atom. The SMILES string of the molecule is CC(OC(=O)CSc1nc2cc(Cl)ccc2n1Cc1ccccc1)C(=O)Nc1cccc(Cl)c1Cl. The fraction of sp³-hybridized carbons (Fsp3) is 0.160. The Labute approximate surface area is 221 Å². The Balaban J connectivity index is 1.43. The highest BCUT2D eigenvalue weighted by Gasteiger charge is 2.21. The van der Waals surface area contributed by atoms with Crippen LogP contribution in [0.4, 0.5) is 5.69 Å². The van der Waals surface area contributed by atoms with E-state index in [0.717, 1.165) is 16.6 Å². The maximum absolute atomic E-state index is 12.5. The van der Waals surface area contributed by atoms with Gasteiger partial charge in [-0.2, -0.15) is 0 Å². The van der Waals surface area contributed by atoms with Crippen molar-refractivity contribution in [3.05, 3.63) is 87.4 Å². The fourth-order valence-electron chi connectivity index (χ4n) is 3.35. The van der Waals surface area contributed by atoms with E-state index in [1.54, 1.807) is 24.3 Å². The van der Waals surface area contributed by atoms with Crippen LogP contribution < -0.4 is 5.32 Å². The molecule has 0 spiro atoms. The summed E-state index contributed by atoms with van der Waals surface area (Å²) in [6.45, 7) is 2.07. The van der Waals surface area contributed by atoms with Crippen LogP contribution in [0.1, 0.15) is 12.5 Å². The molecule has 0 aliphatic rings. The summed E-state index contributed by atoms with van der Waals surface area (Å²) in [7, 11) is 0. The third kappa shape index (κ3) is 6.30. The monoisotopic (exact) mass is 547 g/mol. The van der Waals surface area contributed by atoms with Crippen LogP contribution in [0.5, 0.6) is 0 Å². The third-order valence-corrected chi connectivity index (χ3v) is 7.07. The highest BCUT2D eigenvalue weighted by atomic mass is 35.5. The van der Waals surface area contributed by atoms with Gasteiger partial charge in [0.05, 0.1) is 39.1 Å². The average Bonchev–Trinajstić information content (AvgIpc) is 3.17. The number of halogens is 3. The Morgan fingerprint density at radius 2 is 1.83 bits per heavy atom. The van der Waals surface area contributed by atoms with Gasteiger partial charge in [-0.3, -0.25) is 9.59 Å². The smallest absolute Gasteiger partial charge is 0.317 e. The van der Waals surface area contributed by atoms with Crippen LogP contribution in [-0.2, 0) is 20.9 Å². The van der Waals surface area contributed by atoms with Gasteiger partial charge in [-0.15, -0.1) is 0 Å². The molecule has 6 nitrogen and oxygen atoms in total. The number of imidazole rings is 1. The summed E-state index contributed by atoms with van der Waals surface area (Å²) >= 11 is 19.5. The van der Waals surface area contributed by atoms with Crippen molar-refractivity contribution in [2.75, 3.05) is 11.1 Å². The summed E-state index contributed by atoms with van der Waals surface area (Å²) in [5, 5.41) is 4.37. The van der Waals surface area contributed by atoms with Crippen molar-refractivity contribution >= 4 is 75.2 Å². The van der Waals surface area contributed by atoms with E-state index in [2.05, 4.69) is 10.3 Å². The number of nitrogens with zero attached hydrogens (tertiary/aromatic N) is 2. The first kappa shape index (κ1) is 25.4. The van der Waals surface area contributed by atoms with E-state index in [1.807, 2.05) is 47.0 Å². The number of ether oxygens (including phenoxy) is 1. The first-order valence-electron chi connectivity index (χ1n) is 10.6. The second-order valence-corrected chi connectivity index (χ2v) is 9.77. The predicted octanol–water partition coefficient (Wildman–Crippen LogP) is 6.71. The summed E-state index contributed by atoms with van der Waals surface area (Å²) in [6, 6.07) is 20.3. The number of esters is 1. The van der Waals surface area contributed by atoms with Crippen molar-refractivity contribution in [3.63, 3.8) is 0 Å². The van der Waals surface area contributed by atoms with Crippen LogP contribution in [0.25, 0.3) is 11.0 Å². The number of amides is 1. The minimum atomic E-state index is -1.03. The summed E-state index contributed by atoms with van der Waals surface area (Å²) in [6.07, 6.45) is -1.03. The van der Waals surface area contributed by atoms with Gasteiger partial charge in [-0.1, -0.05) is 83.0 Å². The van der Waals surface area contributed by atoms with E-state index >= 15 is 0 Å². The molecule has 4 aromatic rings. The third-order valence-electron chi connectivity index (χ3n) is 5.06. The maximum Gasteiger partial charge on any atom is 0.317 e.